The van der Waals surface area contributed by atoms with Crippen LogP contribution in [-0.2, 0) is 16.6 Å². The molecule has 0 saturated heterocycles. The van der Waals surface area contributed by atoms with E-state index in [4.69, 9.17) is 9.88 Å². The van der Waals surface area contributed by atoms with Gasteiger partial charge in [0.25, 0.3) is 0 Å². The lowest BCUT2D eigenvalue weighted by Crippen LogP contribution is -2.12. The van der Waals surface area contributed by atoms with Crippen molar-refractivity contribution >= 4 is 41.9 Å². The average Bonchev–Trinajstić information content (AvgIpc) is 2.37. The molecule has 0 atom stereocenters. The molecule has 0 amide bonds. The SMILES string of the molecule is NS(=O)(=O)c1cc(Br)c(OCc2ccccc2)c(Br)c1. The second-order valence-electron chi connectivity index (χ2n) is 4.04. The van der Waals surface area contributed by atoms with Gasteiger partial charge in [-0.1, -0.05) is 30.3 Å². The van der Waals surface area contributed by atoms with Crippen LogP contribution in [0.4, 0.5) is 0 Å². The summed E-state index contributed by atoms with van der Waals surface area (Å²) in [6, 6.07) is 12.5. The van der Waals surface area contributed by atoms with E-state index in [-0.39, 0.29) is 4.90 Å². The lowest BCUT2D eigenvalue weighted by atomic mass is 10.2. The van der Waals surface area contributed by atoms with E-state index in [1.54, 1.807) is 0 Å². The highest BCUT2D eigenvalue weighted by Gasteiger charge is 2.15. The molecule has 20 heavy (non-hydrogen) atoms. The van der Waals surface area contributed by atoms with Crippen molar-refractivity contribution in [1.29, 1.82) is 0 Å². The fraction of sp³-hybridized carbons (Fsp3) is 0.0769. The quantitative estimate of drug-likeness (QED) is 0.823. The first kappa shape index (κ1) is 15.5. The number of benzene rings is 2. The monoisotopic (exact) mass is 419 g/mol. The lowest BCUT2D eigenvalue weighted by Gasteiger charge is -2.11. The maximum absolute atomic E-state index is 11.3. The number of rotatable bonds is 4. The van der Waals surface area contributed by atoms with Crippen molar-refractivity contribution in [2.45, 2.75) is 11.5 Å². The molecule has 2 rings (SSSR count). The van der Waals surface area contributed by atoms with Gasteiger partial charge in [0.1, 0.15) is 12.4 Å². The maximum atomic E-state index is 11.3. The summed E-state index contributed by atoms with van der Waals surface area (Å²) < 4.78 is 29.4. The number of halogens is 2. The summed E-state index contributed by atoms with van der Waals surface area (Å²) in [5.41, 5.74) is 1.02. The molecule has 0 radical (unpaired) electrons. The lowest BCUT2D eigenvalue weighted by molar-refractivity contribution is 0.302. The van der Waals surface area contributed by atoms with Crippen LogP contribution in [0, 0.1) is 0 Å². The summed E-state index contributed by atoms with van der Waals surface area (Å²) in [6.45, 7) is 0.382. The van der Waals surface area contributed by atoms with Gasteiger partial charge in [-0.05, 0) is 49.6 Å². The second kappa shape index (κ2) is 6.26. The normalized spacial score (nSPS) is 11.3. The zero-order valence-electron chi connectivity index (χ0n) is 10.2. The van der Waals surface area contributed by atoms with Gasteiger partial charge >= 0.3 is 0 Å². The van der Waals surface area contributed by atoms with E-state index in [2.05, 4.69) is 31.9 Å². The molecular formula is C13H11Br2NO3S. The molecule has 0 aliphatic rings. The van der Waals surface area contributed by atoms with Crippen molar-refractivity contribution in [1.82, 2.24) is 0 Å². The molecule has 0 aliphatic carbocycles. The van der Waals surface area contributed by atoms with Gasteiger partial charge in [-0.25, -0.2) is 13.6 Å². The van der Waals surface area contributed by atoms with Crippen LogP contribution in [0.1, 0.15) is 5.56 Å². The minimum absolute atomic E-state index is 0.0170. The van der Waals surface area contributed by atoms with Gasteiger partial charge in [0.05, 0.1) is 13.8 Å². The predicted molar refractivity (Wildman–Crippen MR) is 84.0 cm³/mol. The Balaban J connectivity index is 2.25. The first-order valence-corrected chi connectivity index (χ1v) is 8.70. The van der Waals surface area contributed by atoms with Crippen molar-refractivity contribution in [2.75, 3.05) is 0 Å². The van der Waals surface area contributed by atoms with Crippen molar-refractivity contribution in [3.63, 3.8) is 0 Å². The molecule has 0 bridgehead atoms. The van der Waals surface area contributed by atoms with Crippen LogP contribution in [0.5, 0.6) is 5.75 Å². The summed E-state index contributed by atoms with van der Waals surface area (Å²) >= 11 is 6.58. The van der Waals surface area contributed by atoms with Crippen LogP contribution in [0.15, 0.2) is 56.3 Å². The molecule has 4 nitrogen and oxygen atoms in total. The van der Waals surface area contributed by atoms with E-state index in [1.165, 1.54) is 12.1 Å². The number of hydrogen-bond acceptors (Lipinski definition) is 3. The van der Waals surface area contributed by atoms with E-state index >= 15 is 0 Å². The summed E-state index contributed by atoms with van der Waals surface area (Å²) in [5, 5.41) is 5.10. The van der Waals surface area contributed by atoms with Crippen LogP contribution in [0.25, 0.3) is 0 Å². The maximum Gasteiger partial charge on any atom is 0.238 e. The molecule has 0 fully saturated rings. The zero-order chi connectivity index (χ0) is 14.8. The number of hydrogen-bond donors (Lipinski definition) is 1. The Morgan fingerprint density at radius 2 is 1.60 bits per heavy atom. The van der Waals surface area contributed by atoms with Gasteiger partial charge in [-0.3, -0.25) is 0 Å². The van der Waals surface area contributed by atoms with Gasteiger partial charge in [-0.15, -0.1) is 0 Å². The Kier molecular flexibility index (Phi) is 4.85. The van der Waals surface area contributed by atoms with Gasteiger partial charge in [0, 0.05) is 0 Å². The van der Waals surface area contributed by atoms with E-state index in [9.17, 15) is 8.42 Å². The van der Waals surface area contributed by atoms with Gasteiger partial charge < -0.3 is 4.74 Å². The Morgan fingerprint density at radius 1 is 1.05 bits per heavy atom. The molecule has 2 aromatic rings. The predicted octanol–water partition coefficient (Wildman–Crippen LogP) is 3.44. The van der Waals surface area contributed by atoms with E-state index in [0.717, 1.165) is 5.56 Å². The summed E-state index contributed by atoms with van der Waals surface area (Å²) in [5.74, 6) is 0.529. The van der Waals surface area contributed by atoms with Crippen molar-refractivity contribution in [2.24, 2.45) is 5.14 Å². The van der Waals surface area contributed by atoms with Crippen molar-refractivity contribution in [3.8, 4) is 5.75 Å². The standard InChI is InChI=1S/C13H11Br2NO3S/c14-11-6-10(20(16,17)18)7-12(15)13(11)19-8-9-4-2-1-3-5-9/h1-7H,8H2,(H2,16,17,18). The molecular weight excluding hydrogens is 410 g/mol. The Labute approximate surface area is 134 Å². The van der Waals surface area contributed by atoms with Crippen LogP contribution in [0.2, 0.25) is 0 Å². The average molecular weight is 421 g/mol. The highest BCUT2D eigenvalue weighted by Crippen LogP contribution is 2.36. The first-order valence-electron chi connectivity index (χ1n) is 5.56. The topological polar surface area (TPSA) is 69.4 Å². The molecule has 0 aliphatic heterocycles. The van der Waals surface area contributed by atoms with Crippen LogP contribution < -0.4 is 9.88 Å². The van der Waals surface area contributed by atoms with Gasteiger partial charge in [0.15, 0.2) is 0 Å². The van der Waals surface area contributed by atoms with Crippen LogP contribution >= 0.6 is 31.9 Å². The third-order valence-corrected chi connectivity index (χ3v) is 4.60. The molecule has 0 saturated carbocycles. The molecule has 106 valence electrons. The largest absolute Gasteiger partial charge is 0.487 e. The fourth-order valence-corrected chi connectivity index (χ4v) is 3.85. The molecule has 0 aromatic heterocycles. The van der Waals surface area contributed by atoms with E-state index in [0.29, 0.717) is 21.3 Å². The van der Waals surface area contributed by atoms with Crippen molar-refractivity contribution in [3.05, 3.63) is 57.0 Å². The minimum atomic E-state index is -3.75. The molecule has 2 aromatic carbocycles. The zero-order valence-corrected chi connectivity index (χ0v) is 14.2. The Morgan fingerprint density at radius 3 is 2.10 bits per heavy atom. The third kappa shape index (κ3) is 3.82. The Bertz CT molecular complexity index is 695. The Hall–Kier alpha value is -0.890. The highest BCUT2D eigenvalue weighted by molar-refractivity contribution is 9.11. The van der Waals surface area contributed by atoms with Gasteiger partial charge in [-0.2, -0.15) is 0 Å². The van der Waals surface area contributed by atoms with E-state index < -0.39 is 10.0 Å². The smallest absolute Gasteiger partial charge is 0.238 e. The molecule has 0 spiro atoms. The highest BCUT2D eigenvalue weighted by atomic mass is 79.9. The number of sulfonamides is 1. The molecule has 2 N–H and O–H groups in total. The minimum Gasteiger partial charge on any atom is -0.487 e. The first-order chi connectivity index (χ1) is 9.38. The number of ether oxygens (including phenoxy) is 1. The number of nitrogens with two attached hydrogens (primary N) is 1. The van der Waals surface area contributed by atoms with Crippen molar-refractivity contribution < 1.29 is 13.2 Å². The summed E-state index contributed by atoms with van der Waals surface area (Å²) in [6.07, 6.45) is 0. The van der Waals surface area contributed by atoms with Crippen LogP contribution in [0.3, 0.4) is 0 Å². The summed E-state index contributed by atoms with van der Waals surface area (Å²) in [7, 11) is -3.75. The van der Waals surface area contributed by atoms with Crippen LogP contribution in [-0.4, -0.2) is 8.42 Å². The second-order valence-corrected chi connectivity index (χ2v) is 7.31. The summed E-state index contributed by atoms with van der Waals surface area (Å²) in [4.78, 5) is 0.0170. The molecule has 0 heterocycles. The van der Waals surface area contributed by atoms with E-state index in [1.807, 2.05) is 30.3 Å². The molecule has 7 heteroatoms. The molecule has 0 unspecified atom stereocenters. The fourth-order valence-electron chi connectivity index (χ4n) is 1.57. The third-order valence-electron chi connectivity index (χ3n) is 2.53. The number of primary sulfonamides is 1. The van der Waals surface area contributed by atoms with Gasteiger partial charge in [0.2, 0.25) is 10.0 Å².